The molecule has 1 saturated heterocycles. The topological polar surface area (TPSA) is 21.3 Å². The summed E-state index contributed by atoms with van der Waals surface area (Å²) in [5.41, 5.74) is 4.02. The van der Waals surface area contributed by atoms with E-state index in [2.05, 4.69) is 29.6 Å². The molecular formula is C17H16ClNO. The van der Waals surface area contributed by atoms with E-state index in [4.69, 9.17) is 16.3 Å². The van der Waals surface area contributed by atoms with Gasteiger partial charge in [-0.3, -0.25) is 5.32 Å². The Morgan fingerprint density at radius 2 is 1.85 bits per heavy atom. The zero-order valence-electron chi connectivity index (χ0n) is 11.1. The summed E-state index contributed by atoms with van der Waals surface area (Å²) in [6.07, 6.45) is 1.07. The number of fused-ring (bicyclic) bond motifs is 3. The molecule has 2 aliphatic rings. The van der Waals surface area contributed by atoms with Gasteiger partial charge >= 0.3 is 0 Å². The summed E-state index contributed by atoms with van der Waals surface area (Å²) < 4.78 is 5.99. The van der Waals surface area contributed by atoms with Gasteiger partial charge in [-0.1, -0.05) is 48.0 Å². The average molecular weight is 286 g/mol. The summed E-state index contributed by atoms with van der Waals surface area (Å²) in [5.74, 6) is 0.552. The minimum Gasteiger partial charge on any atom is -0.359 e. The quantitative estimate of drug-likeness (QED) is 0.859. The fourth-order valence-electron chi connectivity index (χ4n) is 3.32. The van der Waals surface area contributed by atoms with Gasteiger partial charge in [0.15, 0.2) is 0 Å². The molecule has 1 N–H and O–H groups in total. The Balaban J connectivity index is 1.61. The van der Waals surface area contributed by atoms with Crippen LogP contribution in [0, 0.1) is 5.92 Å². The highest BCUT2D eigenvalue weighted by molar-refractivity contribution is 6.30. The molecule has 102 valence electrons. The van der Waals surface area contributed by atoms with E-state index >= 15 is 0 Å². The van der Waals surface area contributed by atoms with Crippen LogP contribution in [0.25, 0.3) is 0 Å². The van der Waals surface area contributed by atoms with E-state index in [0.717, 1.165) is 23.6 Å². The van der Waals surface area contributed by atoms with Crippen molar-refractivity contribution in [2.75, 3.05) is 6.61 Å². The SMILES string of the molecule is Clc1ccc([C@H]2N[C@@H]3c4ccccc4C[C@@H]3CO2)cc1. The van der Waals surface area contributed by atoms with Crippen LogP contribution in [-0.2, 0) is 11.2 Å². The number of hydrogen-bond acceptors (Lipinski definition) is 2. The van der Waals surface area contributed by atoms with Crippen molar-refractivity contribution in [1.29, 1.82) is 0 Å². The highest BCUT2D eigenvalue weighted by Gasteiger charge is 2.37. The normalized spacial score (nSPS) is 27.9. The first-order valence-corrected chi connectivity index (χ1v) is 7.40. The van der Waals surface area contributed by atoms with Gasteiger partial charge in [-0.05, 0) is 35.2 Å². The van der Waals surface area contributed by atoms with Crippen LogP contribution in [0.1, 0.15) is 29.0 Å². The molecular weight excluding hydrogens is 270 g/mol. The van der Waals surface area contributed by atoms with Crippen molar-refractivity contribution in [3.8, 4) is 0 Å². The second kappa shape index (κ2) is 4.88. The van der Waals surface area contributed by atoms with Crippen molar-refractivity contribution in [1.82, 2.24) is 5.32 Å². The predicted molar refractivity (Wildman–Crippen MR) is 79.7 cm³/mol. The Kier molecular flexibility index (Phi) is 3.03. The molecule has 0 aromatic heterocycles. The minimum atomic E-state index is -0.0420. The maximum Gasteiger partial charge on any atom is 0.134 e. The number of benzene rings is 2. The zero-order chi connectivity index (χ0) is 13.5. The lowest BCUT2D eigenvalue weighted by Gasteiger charge is -2.34. The zero-order valence-corrected chi connectivity index (χ0v) is 11.8. The van der Waals surface area contributed by atoms with E-state index in [1.165, 1.54) is 11.1 Å². The first kappa shape index (κ1) is 12.4. The van der Waals surface area contributed by atoms with E-state index in [-0.39, 0.29) is 6.23 Å². The lowest BCUT2D eigenvalue weighted by Crippen LogP contribution is -2.39. The lowest BCUT2D eigenvalue weighted by molar-refractivity contribution is -0.0494. The molecule has 0 radical (unpaired) electrons. The van der Waals surface area contributed by atoms with Crippen LogP contribution < -0.4 is 5.32 Å². The third kappa shape index (κ3) is 2.05. The number of ether oxygens (including phenoxy) is 1. The highest BCUT2D eigenvalue weighted by Crippen LogP contribution is 2.41. The Morgan fingerprint density at radius 3 is 2.70 bits per heavy atom. The van der Waals surface area contributed by atoms with E-state index in [1.54, 1.807) is 0 Å². The Labute approximate surface area is 123 Å². The summed E-state index contributed by atoms with van der Waals surface area (Å²) in [6, 6.07) is 17.0. The van der Waals surface area contributed by atoms with Crippen LogP contribution in [0.4, 0.5) is 0 Å². The maximum atomic E-state index is 5.99. The van der Waals surface area contributed by atoms with Gasteiger partial charge in [0, 0.05) is 17.0 Å². The van der Waals surface area contributed by atoms with Crippen LogP contribution >= 0.6 is 11.6 Å². The Hall–Kier alpha value is -1.35. The van der Waals surface area contributed by atoms with Crippen molar-refractivity contribution < 1.29 is 4.74 Å². The van der Waals surface area contributed by atoms with Crippen LogP contribution in [-0.4, -0.2) is 6.61 Å². The summed E-state index contributed by atoms with van der Waals surface area (Å²) in [6.45, 7) is 0.805. The smallest absolute Gasteiger partial charge is 0.134 e. The summed E-state index contributed by atoms with van der Waals surface area (Å²) >= 11 is 5.95. The van der Waals surface area contributed by atoms with Gasteiger partial charge in [0.1, 0.15) is 6.23 Å². The standard InChI is InChI=1S/C17H16ClNO/c18-14-7-5-11(6-8-14)17-19-16-13(10-20-17)9-12-3-1-2-4-15(12)16/h1-8,13,16-17,19H,9-10H2/t13-,16+,17+/m1/s1. The van der Waals surface area contributed by atoms with Crippen molar-refractivity contribution >= 4 is 11.6 Å². The molecule has 1 aliphatic heterocycles. The van der Waals surface area contributed by atoms with Gasteiger partial charge in [0.05, 0.1) is 6.61 Å². The second-order valence-corrected chi connectivity index (χ2v) is 6.01. The minimum absolute atomic E-state index is 0.0420. The molecule has 1 aliphatic carbocycles. The van der Waals surface area contributed by atoms with Crippen LogP contribution in [0.3, 0.4) is 0 Å². The molecule has 2 nitrogen and oxygen atoms in total. The van der Waals surface area contributed by atoms with Crippen molar-refractivity contribution in [3.63, 3.8) is 0 Å². The first-order valence-electron chi connectivity index (χ1n) is 7.02. The molecule has 3 heteroatoms. The molecule has 1 heterocycles. The molecule has 0 spiro atoms. The van der Waals surface area contributed by atoms with E-state index < -0.39 is 0 Å². The molecule has 4 rings (SSSR count). The molecule has 2 aromatic rings. The largest absolute Gasteiger partial charge is 0.359 e. The third-order valence-corrected chi connectivity index (χ3v) is 4.58. The van der Waals surface area contributed by atoms with E-state index in [1.807, 2.05) is 24.3 Å². The maximum absolute atomic E-state index is 5.99. The third-order valence-electron chi connectivity index (χ3n) is 4.32. The van der Waals surface area contributed by atoms with Crippen LogP contribution in [0.15, 0.2) is 48.5 Å². The molecule has 3 atom stereocenters. The fourth-order valence-corrected chi connectivity index (χ4v) is 3.45. The Bertz CT molecular complexity index is 625. The van der Waals surface area contributed by atoms with Gasteiger partial charge in [0.25, 0.3) is 0 Å². The summed E-state index contributed by atoms with van der Waals surface area (Å²) in [5, 5.41) is 4.40. The number of rotatable bonds is 1. The number of hydrogen-bond donors (Lipinski definition) is 1. The first-order chi connectivity index (χ1) is 9.81. The monoisotopic (exact) mass is 285 g/mol. The average Bonchev–Trinajstić information content (AvgIpc) is 2.86. The van der Waals surface area contributed by atoms with Gasteiger partial charge in [-0.25, -0.2) is 0 Å². The van der Waals surface area contributed by atoms with Gasteiger partial charge < -0.3 is 4.74 Å². The second-order valence-electron chi connectivity index (χ2n) is 5.57. The molecule has 20 heavy (non-hydrogen) atoms. The molecule has 1 fully saturated rings. The van der Waals surface area contributed by atoms with Gasteiger partial charge in [-0.15, -0.1) is 0 Å². The fraction of sp³-hybridized carbons (Fsp3) is 0.294. The molecule has 0 saturated carbocycles. The van der Waals surface area contributed by atoms with E-state index in [0.29, 0.717) is 12.0 Å². The van der Waals surface area contributed by atoms with Crippen molar-refractivity contribution in [2.45, 2.75) is 18.7 Å². The molecule has 0 bridgehead atoms. The van der Waals surface area contributed by atoms with Crippen LogP contribution in [0.2, 0.25) is 5.02 Å². The van der Waals surface area contributed by atoms with Gasteiger partial charge in [0.2, 0.25) is 0 Å². The van der Waals surface area contributed by atoms with Crippen molar-refractivity contribution in [3.05, 3.63) is 70.2 Å². The van der Waals surface area contributed by atoms with E-state index in [9.17, 15) is 0 Å². The summed E-state index contributed by atoms with van der Waals surface area (Å²) in [7, 11) is 0. The van der Waals surface area contributed by atoms with Crippen LogP contribution in [0.5, 0.6) is 0 Å². The lowest BCUT2D eigenvalue weighted by atomic mass is 9.98. The number of nitrogens with one attached hydrogen (secondary N) is 1. The molecule has 0 amide bonds. The van der Waals surface area contributed by atoms with Crippen molar-refractivity contribution in [2.24, 2.45) is 5.92 Å². The molecule has 2 aromatic carbocycles. The summed E-state index contributed by atoms with van der Waals surface area (Å²) in [4.78, 5) is 0. The van der Waals surface area contributed by atoms with Gasteiger partial charge in [-0.2, -0.15) is 0 Å². The predicted octanol–water partition coefficient (Wildman–Crippen LogP) is 3.87. The highest BCUT2D eigenvalue weighted by atomic mass is 35.5. The number of halogens is 1. The molecule has 0 unspecified atom stereocenters. The Morgan fingerprint density at radius 1 is 1.05 bits per heavy atom.